The molecule has 4 rings (SSSR count). The second kappa shape index (κ2) is 8.97. The Balaban J connectivity index is 1.37. The standard InChI is InChI=1S/C24H21FN4O3/c1-15-3-4-16(2)21(9-15)32-23-8-5-17(12-27-23)11-26-22(30)13-29-14-28-20-7-6-18(25)10-19(20)24(29)31/h3-10,12,14H,11,13H2,1-2H3,(H,26,30). The Labute approximate surface area is 183 Å². The summed E-state index contributed by atoms with van der Waals surface area (Å²) in [7, 11) is 0. The van der Waals surface area contributed by atoms with Crippen molar-refractivity contribution in [3.05, 3.63) is 93.9 Å². The SMILES string of the molecule is Cc1ccc(C)c(Oc2ccc(CNC(=O)Cn3cnc4ccc(F)cc4c3=O)cn2)c1. The molecule has 0 atom stereocenters. The Bertz CT molecular complexity index is 1350. The lowest BCUT2D eigenvalue weighted by Gasteiger charge is -2.10. The first-order valence-corrected chi connectivity index (χ1v) is 10.0. The largest absolute Gasteiger partial charge is 0.439 e. The maximum absolute atomic E-state index is 13.4. The number of aryl methyl sites for hydroxylation is 2. The van der Waals surface area contributed by atoms with Crippen molar-refractivity contribution in [3.63, 3.8) is 0 Å². The third-order valence-electron chi connectivity index (χ3n) is 4.95. The van der Waals surface area contributed by atoms with E-state index in [1.807, 2.05) is 32.0 Å². The molecule has 2 aromatic carbocycles. The van der Waals surface area contributed by atoms with Gasteiger partial charge in [-0.05, 0) is 54.8 Å². The molecule has 0 fully saturated rings. The van der Waals surface area contributed by atoms with Crippen LogP contribution in [-0.4, -0.2) is 20.4 Å². The number of carbonyl (C=O) groups excluding carboxylic acids is 1. The number of halogens is 1. The summed E-state index contributed by atoms with van der Waals surface area (Å²) >= 11 is 0. The number of carbonyl (C=O) groups is 1. The zero-order valence-corrected chi connectivity index (χ0v) is 17.6. The van der Waals surface area contributed by atoms with Gasteiger partial charge in [-0.15, -0.1) is 0 Å². The molecule has 0 aliphatic rings. The summed E-state index contributed by atoms with van der Waals surface area (Å²) < 4.78 is 20.4. The van der Waals surface area contributed by atoms with E-state index < -0.39 is 11.4 Å². The van der Waals surface area contributed by atoms with Crippen molar-refractivity contribution in [2.75, 3.05) is 0 Å². The van der Waals surface area contributed by atoms with E-state index in [1.165, 1.54) is 18.5 Å². The number of ether oxygens (including phenoxy) is 1. The zero-order valence-electron chi connectivity index (χ0n) is 17.6. The Morgan fingerprint density at radius 2 is 1.94 bits per heavy atom. The summed E-state index contributed by atoms with van der Waals surface area (Å²) in [6.07, 6.45) is 2.90. The summed E-state index contributed by atoms with van der Waals surface area (Å²) in [5.74, 6) is 0.291. The fraction of sp³-hybridized carbons (Fsp3) is 0.167. The van der Waals surface area contributed by atoms with Crippen LogP contribution >= 0.6 is 0 Å². The van der Waals surface area contributed by atoms with Gasteiger partial charge in [-0.1, -0.05) is 18.2 Å². The third kappa shape index (κ3) is 4.80. The number of nitrogens with zero attached hydrogens (tertiary/aromatic N) is 3. The predicted molar refractivity (Wildman–Crippen MR) is 118 cm³/mol. The molecule has 8 heteroatoms. The molecule has 0 saturated heterocycles. The molecule has 0 spiro atoms. The van der Waals surface area contributed by atoms with Crippen LogP contribution in [0.25, 0.3) is 10.9 Å². The van der Waals surface area contributed by atoms with E-state index in [4.69, 9.17) is 4.74 Å². The molecule has 4 aromatic rings. The van der Waals surface area contributed by atoms with Gasteiger partial charge >= 0.3 is 0 Å². The number of rotatable bonds is 6. The number of hydrogen-bond acceptors (Lipinski definition) is 5. The van der Waals surface area contributed by atoms with Crippen LogP contribution in [0, 0.1) is 19.7 Å². The van der Waals surface area contributed by atoms with Crippen LogP contribution in [0.3, 0.4) is 0 Å². The number of aromatic nitrogens is 3. The molecule has 162 valence electrons. The molecular formula is C24H21FN4O3. The van der Waals surface area contributed by atoms with Gasteiger partial charge in [-0.25, -0.2) is 14.4 Å². The van der Waals surface area contributed by atoms with Gasteiger partial charge in [-0.2, -0.15) is 0 Å². The molecule has 0 radical (unpaired) electrons. The van der Waals surface area contributed by atoms with E-state index in [0.29, 0.717) is 11.4 Å². The highest BCUT2D eigenvalue weighted by molar-refractivity contribution is 5.79. The van der Waals surface area contributed by atoms with Gasteiger partial charge in [0, 0.05) is 18.8 Å². The molecule has 7 nitrogen and oxygen atoms in total. The molecule has 0 aliphatic heterocycles. The van der Waals surface area contributed by atoms with Crippen molar-refractivity contribution in [1.82, 2.24) is 19.9 Å². The van der Waals surface area contributed by atoms with Gasteiger partial charge in [0.2, 0.25) is 11.8 Å². The summed E-state index contributed by atoms with van der Waals surface area (Å²) in [5, 5.41) is 2.87. The van der Waals surface area contributed by atoms with E-state index in [-0.39, 0.29) is 24.4 Å². The number of hydrogen-bond donors (Lipinski definition) is 1. The fourth-order valence-corrected chi connectivity index (χ4v) is 3.16. The Morgan fingerprint density at radius 1 is 1.09 bits per heavy atom. The van der Waals surface area contributed by atoms with Crippen LogP contribution in [0.2, 0.25) is 0 Å². The van der Waals surface area contributed by atoms with Gasteiger partial charge in [0.25, 0.3) is 5.56 Å². The maximum Gasteiger partial charge on any atom is 0.261 e. The summed E-state index contributed by atoms with van der Waals surface area (Å²) in [4.78, 5) is 33.2. The van der Waals surface area contributed by atoms with Gasteiger partial charge in [-0.3, -0.25) is 14.2 Å². The van der Waals surface area contributed by atoms with Crippen LogP contribution in [0.5, 0.6) is 11.6 Å². The molecular weight excluding hydrogens is 411 g/mol. The van der Waals surface area contributed by atoms with Crippen molar-refractivity contribution in [1.29, 1.82) is 0 Å². The Kier molecular flexibility index (Phi) is 5.93. The molecule has 2 heterocycles. The fourth-order valence-electron chi connectivity index (χ4n) is 3.16. The van der Waals surface area contributed by atoms with Gasteiger partial charge in [0.1, 0.15) is 18.1 Å². The Hall–Kier alpha value is -4.07. The highest BCUT2D eigenvalue weighted by Crippen LogP contribution is 2.24. The predicted octanol–water partition coefficient (Wildman–Crippen LogP) is 3.66. The molecule has 0 bridgehead atoms. The lowest BCUT2D eigenvalue weighted by molar-refractivity contribution is -0.121. The van der Waals surface area contributed by atoms with Crippen LogP contribution in [0.15, 0.2) is 65.8 Å². The van der Waals surface area contributed by atoms with Crippen molar-refractivity contribution < 1.29 is 13.9 Å². The van der Waals surface area contributed by atoms with Crippen LogP contribution in [0.1, 0.15) is 16.7 Å². The molecule has 0 unspecified atom stereocenters. The lowest BCUT2D eigenvalue weighted by atomic mass is 10.1. The van der Waals surface area contributed by atoms with Gasteiger partial charge in [0.05, 0.1) is 17.2 Å². The zero-order chi connectivity index (χ0) is 22.7. The van der Waals surface area contributed by atoms with Crippen LogP contribution in [0.4, 0.5) is 4.39 Å². The van der Waals surface area contributed by atoms with Crippen molar-refractivity contribution in [3.8, 4) is 11.6 Å². The van der Waals surface area contributed by atoms with Crippen molar-refractivity contribution in [2.24, 2.45) is 0 Å². The van der Waals surface area contributed by atoms with Gasteiger partial charge in [0.15, 0.2) is 0 Å². The van der Waals surface area contributed by atoms with Crippen LogP contribution < -0.4 is 15.6 Å². The first kappa shape index (κ1) is 21.2. The minimum absolute atomic E-state index is 0.129. The van der Waals surface area contributed by atoms with Gasteiger partial charge < -0.3 is 10.1 Å². The molecule has 0 aliphatic carbocycles. The maximum atomic E-state index is 13.4. The van der Waals surface area contributed by atoms with Crippen LogP contribution in [-0.2, 0) is 17.9 Å². The smallest absolute Gasteiger partial charge is 0.261 e. The summed E-state index contributed by atoms with van der Waals surface area (Å²) in [6, 6.07) is 13.3. The van der Waals surface area contributed by atoms with E-state index in [0.717, 1.165) is 33.1 Å². The Morgan fingerprint density at radius 3 is 2.72 bits per heavy atom. The molecule has 1 N–H and O–H groups in total. The van der Waals surface area contributed by atoms with E-state index in [1.54, 1.807) is 18.3 Å². The second-order valence-electron chi connectivity index (χ2n) is 7.49. The molecule has 1 amide bonds. The monoisotopic (exact) mass is 432 g/mol. The normalized spacial score (nSPS) is 10.8. The third-order valence-corrected chi connectivity index (χ3v) is 4.95. The number of fused-ring (bicyclic) bond motifs is 1. The first-order chi connectivity index (χ1) is 15.4. The summed E-state index contributed by atoms with van der Waals surface area (Å²) in [5.41, 5.74) is 2.78. The number of nitrogens with one attached hydrogen (secondary N) is 1. The summed E-state index contributed by atoms with van der Waals surface area (Å²) in [6.45, 7) is 3.97. The average molecular weight is 432 g/mol. The first-order valence-electron chi connectivity index (χ1n) is 10.0. The van der Waals surface area contributed by atoms with Crippen molar-refractivity contribution >= 4 is 16.8 Å². The molecule has 0 saturated carbocycles. The number of pyridine rings is 1. The quantitative estimate of drug-likeness (QED) is 0.503. The highest BCUT2D eigenvalue weighted by Gasteiger charge is 2.09. The molecule has 2 aromatic heterocycles. The van der Waals surface area contributed by atoms with E-state index >= 15 is 0 Å². The molecule has 32 heavy (non-hydrogen) atoms. The van der Waals surface area contributed by atoms with Crippen molar-refractivity contribution in [2.45, 2.75) is 26.9 Å². The minimum Gasteiger partial charge on any atom is -0.439 e. The number of amides is 1. The van der Waals surface area contributed by atoms with E-state index in [2.05, 4.69) is 15.3 Å². The average Bonchev–Trinajstić information content (AvgIpc) is 2.78. The number of benzene rings is 2. The second-order valence-corrected chi connectivity index (χ2v) is 7.49. The lowest BCUT2D eigenvalue weighted by Crippen LogP contribution is -2.32. The minimum atomic E-state index is -0.531. The highest BCUT2D eigenvalue weighted by atomic mass is 19.1. The topological polar surface area (TPSA) is 86.1 Å². The van der Waals surface area contributed by atoms with E-state index in [9.17, 15) is 14.0 Å².